The maximum Gasteiger partial charge on any atom is 0.331 e. The highest BCUT2D eigenvalue weighted by atomic mass is 32.2. The molecule has 0 saturated heterocycles. The molecule has 0 amide bonds. The average Bonchev–Trinajstić information content (AvgIpc) is 2.81. The fraction of sp³-hybridized carbons (Fsp3) is 0.560. The molecule has 1 aromatic carbocycles. The second kappa shape index (κ2) is 15.5. The number of benzene rings is 1. The molecule has 2 rings (SSSR count). The number of ether oxygens (including phenoxy) is 2. The third-order valence-electron chi connectivity index (χ3n) is 5.28. The zero-order chi connectivity index (χ0) is 23.9. The average molecular weight is 477 g/mol. The van der Waals surface area contributed by atoms with Crippen molar-refractivity contribution in [3.63, 3.8) is 0 Å². The normalized spacial score (nSPS) is 11.0. The fourth-order valence-electron chi connectivity index (χ4n) is 3.34. The Morgan fingerprint density at radius 1 is 0.970 bits per heavy atom. The van der Waals surface area contributed by atoms with E-state index in [1.807, 2.05) is 30.3 Å². The van der Waals surface area contributed by atoms with Crippen LogP contribution in [0.25, 0.3) is 0 Å². The quantitative estimate of drug-likeness (QED) is 0.207. The van der Waals surface area contributed by atoms with Gasteiger partial charge in [-0.2, -0.15) is 0 Å². The van der Waals surface area contributed by atoms with Gasteiger partial charge in [-0.05, 0) is 25.5 Å². The van der Waals surface area contributed by atoms with Gasteiger partial charge in [0.05, 0.1) is 11.6 Å². The molecule has 2 aromatic rings. The predicted octanol–water partition coefficient (Wildman–Crippen LogP) is 5.04. The van der Waals surface area contributed by atoms with E-state index >= 15 is 0 Å². The SMILES string of the molecule is CCCCCCCCCCC(=O)OCCOCn1c(Sc2ccccc2)c(C)c(=O)[nH]c1=O. The molecule has 0 aliphatic rings. The highest BCUT2D eigenvalue weighted by Crippen LogP contribution is 2.27. The molecule has 0 spiro atoms. The van der Waals surface area contributed by atoms with Crippen LogP contribution in [0.5, 0.6) is 0 Å². The number of H-pyrrole nitrogens is 1. The van der Waals surface area contributed by atoms with E-state index in [0.29, 0.717) is 17.0 Å². The van der Waals surface area contributed by atoms with E-state index in [4.69, 9.17) is 9.47 Å². The van der Waals surface area contributed by atoms with Crippen LogP contribution in [0.4, 0.5) is 0 Å². The summed E-state index contributed by atoms with van der Waals surface area (Å²) in [4.78, 5) is 39.5. The Kier molecular flexibility index (Phi) is 12.7. The number of nitrogens with one attached hydrogen (secondary N) is 1. The van der Waals surface area contributed by atoms with Crippen molar-refractivity contribution in [1.29, 1.82) is 0 Å². The van der Waals surface area contributed by atoms with E-state index in [9.17, 15) is 14.4 Å². The largest absolute Gasteiger partial charge is 0.463 e. The Bertz CT molecular complexity index is 956. The molecule has 0 atom stereocenters. The van der Waals surface area contributed by atoms with Gasteiger partial charge < -0.3 is 9.47 Å². The predicted molar refractivity (Wildman–Crippen MR) is 131 cm³/mol. The number of hydrogen-bond donors (Lipinski definition) is 1. The number of unbranched alkanes of at least 4 members (excludes halogenated alkanes) is 7. The lowest BCUT2D eigenvalue weighted by Gasteiger charge is -2.14. The summed E-state index contributed by atoms with van der Waals surface area (Å²) in [6.45, 7) is 4.15. The Morgan fingerprint density at radius 2 is 1.64 bits per heavy atom. The first-order valence-electron chi connectivity index (χ1n) is 11.8. The Hall–Kier alpha value is -2.32. The topological polar surface area (TPSA) is 90.4 Å². The van der Waals surface area contributed by atoms with E-state index in [1.54, 1.807) is 6.92 Å². The molecule has 182 valence electrons. The molecule has 1 aromatic heterocycles. The lowest BCUT2D eigenvalue weighted by molar-refractivity contribution is -0.145. The Morgan fingerprint density at radius 3 is 2.33 bits per heavy atom. The van der Waals surface area contributed by atoms with E-state index in [0.717, 1.165) is 24.2 Å². The molecule has 0 fully saturated rings. The van der Waals surface area contributed by atoms with Crippen LogP contribution in [0.3, 0.4) is 0 Å². The van der Waals surface area contributed by atoms with Gasteiger partial charge in [0.15, 0.2) is 0 Å². The number of carbonyl (C=O) groups excluding carboxylic acids is 1. The molecule has 0 saturated carbocycles. The van der Waals surface area contributed by atoms with Crippen molar-refractivity contribution >= 4 is 17.7 Å². The van der Waals surface area contributed by atoms with E-state index in [2.05, 4.69) is 11.9 Å². The van der Waals surface area contributed by atoms with Gasteiger partial charge >= 0.3 is 11.7 Å². The zero-order valence-electron chi connectivity index (χ0n) is 19.8. The van der Waals surface area contributed by atoms with Gasteiger partial charge in [0, 0.05) is 16.9 Å². The summed E-state index contributed by atoms with van der Waals surface area (Å²) in [6.07, 6.45) is 9.85. The van der Waals surface area contributed by atoms with Crippen LogP contribution in [0, 0.1) is 6.92 Å². The van der Waals surface area contributed by atoms with Gasteiger partial charge in [0.2, 0.25) is 0 Å². The number of esters is 1. The van der Waals surface area contributed by atoms with E-state index in [-0.39, 0.29) is 25.9 Å². The molecule has 7 nitrogen and oxygen atoms in total. The highest BCUT2D eigenvalue weighted by molar-refractivity contribution is 7.99. The fourth-order valence-corrected chi connectivity index (χ4v) is 4.35. The van der Waals surface area contributed by atoms with Gasteiger partial charge in [0.1, 0.15) is 13.3 Å². The van der Waals surface area contributed by atoms with Crippen molar-refractivity contribution in [2.75, 3.05) is 13.2 Å². The van der Waals surface area contributed by atoms with Gasteiger partial charge in [-0.25, -0.2) is 4.79 Å². The van der Waals surface area contributed by atoms with Crippen LogP contribution >= 0.6 is 11.8 Å². The molecule has 0 aliphatic carbocycles. The molecule has 0 aliphatic heterocycles. The molecule has 8 heteroatoms. The number of aromatic nitrogens is 2. The van der Waals surface area contributed by atoms with Gasteiger partial charge in [-0.3, -0.25) is 19.1 Å². The van der Waals surface area contributed by atoms with E-state index < -0.39 is 11.2 Å². The molecular weight excluding hydrogens is 440 g/mol. The summed E-state index contributed by atoms with van der Waals surface area (Å²) >= 11 is 1.33. The van der Waals surface area contributed by atoms with Crippen molar-refractivity contribution in [3.05, 3.63) is 56.7 Å². The van der Waals surface area contributed by atoms with Crippen LogP contribution in [0.2, 0.25) is 0 Å². The molecular formula is C25H36N2O5S. The van der Waals surface area contributed by atoms with Crippen molar-refractivity contribution < 1.29 is 14.3 Å². The third-order valence-corrected chi connectivity index (χ3v) is 6.50. The first-order valence-corrected chi connectivity index (χ1v) is 12.6. The smallest absolute Gasteiger partial charge is 0.331 e. The molecule has 0 bridgehead atoms. The summed E-state index contributed by atoms with van der Waals surface area (Å²) in [7, 11) is 0. The summed E-state index contributed by atoms with van der Waals surface area (Å²) in [6, 6.07) is 9.51. The minimum atomic E-state index is -0.532. The second-order valence-electron chi connectivity index (χ2n) is 8.02. The van der Waals surface area contributed by atoms with Gasteiger partial charge in [-0.1, -0.05) is 81.8 Å². The Labute approximate surface area is 199 Å². The molecule has 0 radical (unpaired) electrons. The second-order valence-corrected chi connectivity index (χ2v) is 9.08. The number of rotatable bonds is 16. The number of carbonyl (C=O) groups is 1. The summed E-state index contributed by atoms with van der Waals surface area (Å²) in [5.41, 5.74) is -0.496. The first kappa shape index (κ1) is 26.9. The number of nitrogens with zero attached hydrogens (tertiary/aromatic N) is 1. The highest BCUT2D eigenvalue weighted by Gasteiger charge is 2.13. The lowest BCUT2D eigenvalue weighted by Crippen LogP contribution is -2.33. The van der Waals surface area contributed by atoms with Crippen molar-refractivity contribution in [2.24, 2.45) is 0 Å². The van der Waals surface area contributed by atoms with Gasteiger partial charge in [0.25, 0.3) is 5.56 Å². The maximum absolute atomic E-state index is 12.3. The van der Waals surface area contributed by atoms with Crippen LogP contribution in [-0.2, 0) is 21.0 Å². The first-order chi connectivity index (χ1) is 16.0. The lowest BCUT2D eigenvalue weighted by atomic mass is 10.1. The monoisotopic (exact) mass is 476 g/mol. The molecule has 1 heterocycles. The summed E-state index contributed by atoms with van der Waals surface area (Å²) in [5.74, 6) is -0.220. The summed E-state index contributed by atoms with van der Waals surface area (Å²) < 4.78 is 12.2. The van der Waals surface area contributed by atoms with Crippen LogP contribution in [0.1, 0.15) is 70.3 Å². The Balaban J connectivity index is 1.72. The van der Waals surface area contributed by atoms with Crippen LogP contribution in [0.15, 0.2) is 49.8 Å². The maximum atomic E-state index is 12.3. The zero-order valence-corrected chi connectivity index (χ0v) is 20.6. The van der Waals surface area contributed by atoms with Crippen LogP contribution in [-0.4, -0.2) is 28.7 Å². The van der Waals surface area contributed by atoms with Crippen molar-refractivity contribution in [3.8, 4) is 0 Å². The number of hydrogen-bond acceptors (Lipinski definition) is 6. The van der Waals surface area contributed by atoms with Crippen LogP contribution < -0.4 is 11.2 Å². The van der Waals surface area contributed by atoms with E-state index in [1.165, 1.54) is 48.4 Å². The number of aromatic amines is 1. The molecule has 1 N–H and O–H groups in total. The van der Waals surface area contributed by atoms with Crippen molar-refractivity contribution in [2.45, 2.75) is 88.3 Å². The van der Waals surface area contributed by atoms with Crippen molar-refractivity contribution in [1.82, 2.24) is 9.55 Å². The minimum Gasteiger partial charge on any atom is -0.463 e. The minimum absolute atomic E-state index is 0.0405. The standard InChI is InChI=1S/C25H36N2O5S/c1-3-4-5-6-7-8-9-13-16-22(28)32-18-17-31-19-27-24(20(2)23(29)26-25(27)30)33-21-14-11-10-12-15-21/h10-12,14-15H,3-9,13,16-19H2,1-2H3,(H,26,29,30). The summed E-state index contributed by atoms with van der Waals surface area (Å²) in [5, 5.41) is 0.529. The van der Waals surface area contributed by atoms with Gasteiger partial charge in [-0.15, -0.1) is 0 Å². The molecule has 0 unspecified atom stereocenters. The third kappa shape index (κ3) is 10.0. The molecule has 33 heavy (non-hydrogen) atoms.